The number of nitrogens with one attached hydrogen (secondary N) is 1. The molecule has 1 aromatic carbocycles. The van der Waals surface area contributed by atoms with Crippen LogP contribution in [0.3, 0.4) is 0 Å². The standard InChI is InChI=1S/C18H27NO3/c1-12(2)16-10-5-13(3)11-17(16)22-18(20)19-14-6-8-15(21-4)9-7-14/h6-9,12-13,16-17H,5,10-11H2,1-4H3,(H,19,20). The predicted octanol–water partition coefficient (Wildman–Crippen LogP) is 4.70. The van der Waals surface area contributed by atoms with Crippen LogP contribution in [-0.2, 0) is 4.74 Å². The Morgan fingerprint density at radius 1 is 1.23 bits per heavy atom. The molecule has 0 spiro atoms. The fourth-order valence-corrected chi connectivity index (χ4v) is 3.21. The second-order valence-corrected chi connectivity index (χ2v) is 6.62. The summed E-state index contributed by atoms with van der Waals surface area (Å²) in [5, 5.41) is 2.80. The lowest BCUT2D eigenvalue weighted by Crippen LogP contribution is -2.36. The van der Waals surface area contributed by atoms with E-state index in [1.165, 1.54) is 6.42 Å². The summed E-state index contributed by atoms with van der Waals surface area (Å²) in [7, 11) is 1.62. The molecule has 2 rings (SSSR count). The van der Waals surface area contributed by atoms with Crippen molar-refractivity contribution >= 4 is 11.8 Å². The molecular formula is C18H27NO3. The number of benzene rings is 1. The van der Waals surface area contributed by atoms with Crippen LogP contribution in [0.4, 0.5) is 10.5 Å². The molecule has 4 heteroatoms. The van der Waals surface area contributed by atoms with Crippen molar-refractivity contribution in [3.05, 3.63) is 24.3 Å². The first kappa shape index (κ1) is 16.7. The maximum atomic E-state index is 12.1. The lowest BCUT2D eigenvalue weighted by atomic mass is 9.75. The average molecular weight is 305 g/mol. The van der Waals surface area contributed by atoms with Crippen LogP contribution in [0.2, 0.25) is 0 Å². The minimum atomic E-state index is -0.366. The normalized spacial score (nSPS) is 24.9. The molecule has 1 aliphatic rings. The SMILES string of the molecule is COc1ccc(NC(=O)OC2CC(C)CCC2C(C)C)cc1. The van der Waals surface area contributed by atoms with Crippen LogP contribution in [0, 0.1) is 17.8 Å². The monoisotopic (exact) mass is 305 g/mol. The average Bonchev–Trinajstić information content (AvgIpc) is 2.47. The van der Waals surface area contributed by atoms with Crippen LogP contribution in [-0.4, -0.2) is 19.3 Å². The maximum Gasteiger partial charge on any atom is 0.411 e. The Hall–Kier alpha value is -1.71. The van der Waals surface area contributed by atoms with Crippen LogP contribution in [0.1, 0.15) is 40.0 Å². The number of carbonyl (C=O) groups is 1. The van der Waals surface area contributed by atoms with Crippen molar-refractivity contribution < 1.29 is 14.3 Å². The number of amides is 1. The lowest BCUT2D eigenvalue weighted by Gasteiger charge is -2.36. The Balaban J connectivity index is 1.93. The van der Waals surface area contributed by atoms with E-state index in [0.29, 0.717) is 17.8 Å². The van der Waals surface area contributed by atoms with Crippen LogP contribution in [0.15, 0.2) is 24.3 Å². The van der Waals surface area contributed by atoms with Gasteiger partial charge in [-0.05, 0) is 54.9 Å². The van der Waals surface area contributed by atoms with E-state index in [1.807, 2.05) is 24.3 Å². The molecule has 22 heavy (non-hydrogen) atoms. The molecule has 4 nitrogen and oxygen atoms in total. The maximum absolute atomic E-state index is 12.1. The van der Waals surface area contributed by atoms with Gasteiger partial charge in [-0.25, -0.2) is 4.79 Å². The van der Waals surface area contributed by atoms with Gasteiger partial charge >= 0.3 is 6.09 Å². The number of anilines is 1. The third kappa shape index (κ3) is 4.39. The number of ether oxygens (including phenoxy) is 2. The van der Waals surface area contributed by atoms with E-state index in [-0.39, 0.29) is 12.2 Å². The Bertz CT molecular complexity index is 484. The van der Waals surface area contributed by atoms with Crippen LogP contribution in [0.25, 0.3) is 0 Å². The van der Waals surface area contributed by atoms with E-state index in [1.54, 1.807) is 7.11 Å². The summed E-state index contributed by atoms with van der Waals surface area (Å²) in [6.07, 6.45) is 2.97. The van der Waals surface area contributed by atoms with Gasteiger partial charge in [0, 0.05) is 5.69 Å². The van der Waals surface area contributed by atoms with Crippen LogP contribution < -0.4 is 10.1 Å². The van der Waals surface area contributed by atoms with Gasteiger partial charge in [0.1, 0.15) is 11.9 Å². The smallest absolute Gasteiger partial charge is 0.411 e. The van der Waals surface area contributed by atoms with Gasteiger partial charge in [-0.1, -0.05) is 27.2 Å². The fourth-order valence-electron chi connectivity index (χ4n) is 3.21. The summed E-state index contributed by atoms with van der Waals surface area (Å²) < 4.78 is 10.8. The van der Waals surface area contributed by atoms with Crippen molar-refractivity contribution in [3.8, 4) is 5.75 Å². The first-order chi connectivity index (χ1) is 10.5. The summed E-state index contributed by atoms with van der Waals surface area (Å²) in [5.41, 5.74) is 0.718. The highest BCUT2D eigenvalue weighted by Gasteiger charge is 2.33. The highest BCUT2D eigenvalue weighted by molar-refractivity contribution is 5.84. The molecule has 0 aromatic heterocycles. The summed E-state index contributed by atoms with van der Waals surface area (Å²) >= 11 is 0. The number of carbonyl (C=O) groups excluding carboxylic acids is 1. The summed E-state index contributed by atoms with van der Waals surface area (Å²) in [6, 6.07) is 7.25. The molecular weight excluding hydrogens is 278 g/mol. The van der Waals surface area contributed by atoms with E-state index in [2.05, 4.69) is 26.1 Å². The molecule has 0 heterocycles. The zero-order valence-corrected chi connectivity index (χ0v) is 14.0. The first-order valence-electron chi connectivity index (χ1n) is 8.11. The first-order valence-corrected chi connectivity index (χ1v) is 8.11. The second kappa shape index (κ2) is 7.52. The Morgan fingerprint density at radius 3 is 2.50 bits per heavy atom. The largest absolute Gasteiger partial charge is 0.497 e. The van der Waals surface area contributed by atoms with Gasteiger partial charge in [0.25, 0.3) is 0 Å². The molecule has 1 amide bonds. The number of methoxy groups -OCH3 is 1. The molecule has 3 unspecified atom stereocenters. The Labute approximate surface area is 133 Å². The molecule has 0 radical (unpaired) electrons. The van der Waals surface area contributed by atoms with Crippen molar-refractivity contribution in [2.45, 2.75) is 46.1 Å². The number of hydrogen-bond acceptors (Lipinski definition) is 3. The quantitative estimate of drug-likeness (QED) is 0.876. The highest BCUT2D eigenvalue weighted by atomic mass is 16.6. The van der Waals surface area contributed by atoms with Crippen molar-refractivity contribution in [3.63, 3.8) is 0 Å². The zero-order chi connectivity index (χ0) is 16.1. The van der Waals surface area contributed by atoms with Crippen molar-refractivity contribution in [1.82, 2.24) is 0 Å². The minimum absolute atomic E-state index is 0.0157. The topological polar surface area (TPSA) is 47.6 Å². The minimum Gasteiger partial charge on any atom is -0.497 e. The van der Waals surface area contributed by atoms with Crippen LogP contribution >= 0.6 is 0 Å². The Kier molecular flexibility index (Phi) is 5.69. The van der Waals surface area contributed by atoms with Crippen molar-refractivity contribution in [1.29, 1.82) is 0 Å². The number of rotatable bonds is 4. The van der Waals surface area contributed by atoms with Gasteiger partial charge in [0.2, 0.25) is 0 Å². The zero-order valence-electron chi connectivity index (χ0n) is 14.0. The Morgan fingerprint density at radius 2 is 1.91 bits per heavy atom. The second-order valence-electron chi connectivity index (χ2n) is 6.62. The summed E-state index contributed by atoms with van der Waals surface area (Å²) in [5.74, 6) is 2.37. The van der Waals surface area contributed by atoms with Crippen LogP contribution in [0.5, 0.6) is 5.75 Å². The number of hydrogen-bond donors (Lipinski definition) is 1. The molecule has 3 atom stereocenters. The van der Waals surface area contributed by atoms with Gasteiger partial charge < -0.3 is 9.47 Å². The molecule has 122 valence electrons. The van der Waals surface area contributed by atoms with Gasteiger partial charge in [0.05, 0.1) is 7.11 Å². The van der Waals surface area contributed by atoms with Gasteiger partial charge in [-0.3, -0.25) is 5.32 Å². The van der Waals surface area contributed by atoms with E-state index < -0.39 is 0 Å². The molecule has 0 aliphatic heterocycles. The van der Waals surface area contributed by atoms with E-state index in [0.717, 1.165) is 24.3 Å². The van der Waals surface area contributed by atoms with E-state index >= 15 is 0 Å². The van der Waals surface area contributed by atoms with Crippen molar-refractivity contribution in [2.75, 3.05) is 12.4 Å². The predicted molar refractivity (Wildman–Crippen MR) is 88.2 cm³/mol. The van der Waals surface area contributed by atoms with Gasteiger partial charge in [-0.15, -0.1) is 0 Å². The molecule has 1 aromatic rings. The molecule has 1 N–H and O–H groups in total. The molecule has 1 saturated carbocycles. The fraction of sp³-hybridized carbons (Fsp3) is 0.611. The molecule has 1 fully saturated rings. The molecule has 0 bridgehead atoms. The molecule has 0 saturated heterocycles. The molecule has 1 aliphatic carbocycles. The third-order valence-electron chi connectivity index (χ3n) is 4.56. The summed E-state index contributed by atoms with van der Waals surface area (Å²) in [6.45, 7) is 6.64. The van der Waals surface area contributed by atoms with Gasteiger partial charge in [0.15, 0.2) is 0 Å². The van der Waals surface area contributed by atoms with Gasteiger partial charge in [-0.2, -0.15) is 0 Å². The van der Waals surface area contributed by atoms with E-state index in [9.17, 15) is 4.79 Å². The van der Waals surface area contributed by atoms with Crippen molar-refractivity contribution in [2.24, 2.45) is 17.8 Å². The van der Waals surface area contributed by atoms with E-state index in [4.69, 9.17) is 9.47 Å². The highest BCUT2D eigenvalue weighted by Crippen LogP contribution is 2.35. The lowest BCUT2D eigenvalue weighted by molar-refractivity contribution is 0.0126. The summed E-state index contributed by atoms with van der Waals surface area (Å²) in [4.78, 5) is 12.1. The third-order valence-corrected chi connectivity index (χ3v) is 4.56.